The Labute approximate surface area is 150 Å². The fourth-order valence-corrected chi connectivity index (χ4v) is 1.77. The van der Waals surface area contributed by atoms with Crippen molar-refractivity contribution in [1.82, 2.24) is 9.97 Å². The van der Waals surface area contributed by atoms with Crippen LogP contribution in [-0.2, 0) is 15.5 Å². The smallest absolute Gasteiger partial charge is 0.399 e. The van der Waals surface area contributed by atoms with Crippen molar-refractivity contribution in [3.05, 3.63) is 11.9 Å². The zero-order valence-corrected chi connectivity index (χ0v) is 12.6. The van der Waals surface area contributed by atoms with E-state index >= 15 is 0 Å². The summed E-state index contributed by atoms with van der Waals surface area (Å²) in [5, 5.41) is 0. The molecule has 1 fully saturated rings. The molecule has 21 heavy (non-hydrogen) atoms. The average Bonchev–Trinajstić information content (AvgIpc) is 2.46. The molecule has 0 unspecified atom stereocenters. The number of nitrogens with two attached hydrogens (primary N) is 1. The zero-order valence-electron chi connectivity index (χ0n) is 11.9. The van der Waals surface area contributed by atoms with Crippen molar-refractivity contribution in [2.45, 2.75) is 45.1 Å². The van der Waals surface area contributed by atoms with Crippen LogP contribution in [0.1, 0.15) is 33.4 Å². The first-order valence-corrected chi connectivity index (χ1v) is 5.99. The number of hydrogen-bond acceptors (Lipinski definition) is 5. The van der Waals surface area contributed by atoms with Gasteiger partial charge in [-0.3, -0.25) is 0 Å². The van der Waals surface area contributed by atoms with E-state index in [1.165, 1.54) is 0 Å². The summed E-state index contributed by atoms with van der Waals surface area (Å²) in [7, 11) is -1.18. The van der Waals surface area contributed by atoms with Crippen molar-refractivity contribution in [3.63, 3.8) is 0 Å². The Morgan fingerprint density at radius 2 is 1.62 bits per heavy atom. The van der Waals surface area contributed by atoms with Gasteiger partial charge in [-0.15, -0.1) is 0 Å². The molecule has 1 saturated heterocycles. The van der Waals surface area contributed by atoms with Crippen LogP contribution in [0, 0.1) is 37.7 Å². The van der Waals surface area contributed by atoms with Crippen LogP contribution in [0.15, 0.2) is 6.20 Å². The van der Waals surface area contributed by atoms with E-state index in [0.717, 1.165) is 6.20 Å². The van der Waals surface area contributed by atoms with E-state index in [9.17, 15) is 13.2 Å². The van der Waals surface area contributed by atoms with Gasteiger partial charge in [0.1, 0.15) is 5.69 Å². The molecule has 0 aliphatic carbocycles. The summed E-state index contributed by atoms with van der Waals surface area (Å²) in [5.74, 6) is -0.447. The summed E-state index contributed by atoms with van der Waals surface area (Å²) in [5.41, 5.74) is 2.32. The van der Waals surface area contributed by atoms with E-state index in [2.05, 4.69) is 9.97 Å². The molecule has 2 rings (SSSR count). The van der Waals surface area contributed by atoms with Crippen molar-refractivity contribution in [2.24, 2.45) is 0 Å². The fourth-order valence-electron chi connectivity index (χ4n) is 1.77. The topological polar surface area (TPSA) is 70.3 Å². The number of nitrogens with zero attached hydrogens (tertiary/aromatic N) is 2. The molecule has 0 bridgehead atoms. The number of rotatable bonds is 1. The molecule has 10 heteroatoms. The maximum Gasteiger partial charge on any atom is 0.498 e. The molecule has 5 nitrogen and oxygen atoms in total. The van der Waals surface area contributed by atoms with Gasteiger partial charge in [0, 0.05) is 49.4 Å². The first-order valence-electron chi connectivity index (χ1n) is 5.99. The molecule has 118 valence electrons. The fraction of sp³-hybridized carbons (Fsp3) is 0.636. The van der Waals surface area contributed by atoms with Gasteiger partial charge in [-0.1, -0.05) is 0 Å². The first-order chi connectivity index (χ1) is 8.94. The van der Waals surface area contributed by atoms with E-state index in [1.807, 2.05) is 0 Å². The van der Waals surface area contributed by atoms with Gasteiger partial charge in [0.05, 0.1) is 11.2 Å². The molecule has 0 aromatic carbocycles. The summed E-state index contributed by atoms with van der Waals surface area (Å²) in [6.07, 6.45) is -3.66. The summed E-state index contributed by atoms with van der Waals surface area (Å²) in [4.78, 5) is 6.87. The number of alkyl halides is 3. The molecular weight excluding hydrogens is 314 g/mol. The minimum absolute atomic E-state index is 0. The van der Waals surface area contributed by atoms with Gasteiger partial charge in [0.2, 0.25) is 5.95 Å². The molecule has 1 aromatic heterocycles. The molecule has 2 N–H and O–H groups in total. The first kappa shape index (κ1) is 19.0. The zero-order chi connectivity index (χ0) is 15.3. The number of nitrogen functional groups attached to an aromatic ring is 1. The molecule has 1 aliphatic heterocycles. The Morgan fingerprint density at radius 1 is 1.14 bits per heavy atom. The quantitative estimate of drug-likeness (QED) is 0.789. The Hall–Kier alpha value is -0.0853. The number of anilines is 1. The van der Waals surface area contributed by atoms with E-state index in [1.54, 1.807) is 27.7 Å². The van der Waals surface area contributed by atoms with Crippen molar-refractivity contribution >= 4 is 18.5 Å². The van der Waals surface area contributed by atoms with Crippen LogP contribution < -0.4 is 11.2 Å². The van der Waals surface area contributed by atoms with Gasteiger partial charge in [-0.05, 0) is 27.7 Å². The predicted octanol–water partition coefficient (Wildman–Crippen LogP) is 1.38. The molecule has 0 atom stereocenters. The molecule has 1 aliphatic rings. The Kier molecular flexibility index (Phi) is 5.28. The van der Waals surface area contributed by atoms with Crippen LogP contribution in [0.3, 0.4) is 0 Å². The monoisotopic (exact) mass is 329 g/mol. The van der Waals surface area contributed by atoms with Gasteiger partial charge in [-0.25, -0.2) is 9.97 Å². The minimum Gasteiger partial charge on any atom is -0.399 e. The third kappa shape index (κ3) is 3.64. The van der Waals surface area contributed by atoms with Gasteiger partial charge in [-0.2, -0.15) is 13.2 Å². The van der Waals surface area contributed by atoms with E-state index < -0.39 is 36.1 Å². The second-order valence-corrected chi connectivity index (χ2v) is 5.62. The summed E-state index contributed by atoms with van der Waals surface area (Å²) < 4.78 is 50.2. The second-order valence-electron chi connectivity index (χ2n) is 5.62. The van der Waals surface area contributed by atoms with E-state index in [4.69, 9.17) is 15.0 Å². The van der Waals surface area contributed by atoms with Crippen LogP contribution in [-0.4, -0.2) is 28.3 Å². The molecular formula is C11H15ArBF3N3O2. The summed E-state index contributed by atoms with van der Waals surface area (Å²) >= 11 is 0. The number of aromatic nitrogens is 2. The molecule has 0 spiro atoms. The number of hydrogen-bond donors (Lipinski definition) is 1. The Balaban J connectivity index is 0.00000220. The standard InChI is InChI=1S/C11H15BF3N3O2.Ar/c1-9(2)10(3,4)20-12(19-9)6-5-17-8(16)18-7(6)11(13,14)15;/h5H,1-4H3,(H2,16,17,18);. The van der Waals surface area contributed by atoms with Gasteiger partial charge in [0.15, 0.2) is 0 Å². The Morgan fingerprint density at radius 3 is 2.05 bits per heavy atom. The largest absolute Gasteiger partial charge is 0.498 e. The van der Waals surface area contributed by atoms with Crippen molar-refractivity contribution in [3.8, 4) is 0 Å². The Bertz CT molecular complexity index is 524. The average molecular weight is 329 g/mol. The normalized spacial score (nSPS) is 20.2. The maximum absolute atomic E-state index is 13.0. The maximum atomic E-state index is 13.0. The molecule has 2 heterocycles. The van der Waals surface area contributed by atoms with Crippen LogP contribution in [0.25, 0.3) is 0 Å². The molecule has 0 amide bonds. The third-order valence-corrected chi connectivity index (χ3v) is 3.61. The van der Waals surface area contributed by atoms with Crippen LogP contribution in [0.5, 0.6) is 0 Å². The van der Waals surface area contributed by atoms with E-state index in [0.29, 0.717) is 0 Å². The van der Waals surface area contributed by atoms with Crippen LogP contribution >= 0.6 is 0 Å². The van der Waals surface area contributed by atoms with Crippen molar-refractivity contribution in [2.75, 3.05) is 5.73 Å². The molecule has 1 aromatic rings. The van der Waals surface area contributed by atoms with E-state index in [-0.39, 0.29) is 43.2 Å². The van der Waals surface area contributed by atoms with Crippen molar-refractivity contribution < 1.29 is 60.2 Å². The summed E-state index contributed by atoms with van der Waals surface area (Å²) in [6.45, 7) is 6.99. The molecule has 0 radical (unpaired) electrons. The minimum atomic E-state index is -4.66. The summed E-state index contributed by atoms with van der Waals surface area (Å²) in [6, 6.07) is 0. The van der Waals surface area contributed by atoms with Crippen LogP contribution in [0.2, 0.25) is 0 Å². The van der Waals surface area contributed by atoms with Gasteiger partial charge < -0.3 is 15.0 Å². The van der Waals surface area contributed by atoms with Crippen molar-refractivity contribution in [1.29, 1.82) is 0 Å². The molecule has 0 saturated carbocycles. The SMILES string of the molecule is CC1(C)OB(c2cnc(N)nc2C(F)(F)F)OC1(C)C.[Ar]. The number of halogens is 3. The predicted molar refractivity (Wildman–Crippen MR) is 67.2 cm³/mol. The van der Waals surface area contributed by atoms with Gasteiger partial charge in [0.25, 0.3) is 0 Å². The van der Waals surface area contributed by atoms with Crippen LogP contribution in [0.4, 0.5) is 19.1 Å². The second kappa shape index (κ2) is 5.84. The van der Waals surface area contributed by atoms with Gasteiger partial charge >= 0.3 is 13.3 Å². The third-order valence-electron chi connectivity index (χ3n) is 3.61.